The van der Waals surface area contributed by atoms with Crippen molar-refractivity contribution in [2.75, 3.05) is 13.2 Å². The Hall–Kier alpha value is -1.26. The number of unbranched alkanes of at least 4 members (excludes halogenated alkanes) is 22. The van der Waals surface area contributed by atoms with Crippen LogP contribution in [0.25, 0.3) is 0 Å². The second-order valence-corrected chi connectivity index (χ2v) is 10.1. The highest BCUT2D eigenvalue weighted by molar-refractivity contribution is 5.76. The normalized spacial score (nSPS) is 10.9. The van der Waals surface area contributed by atoms with Crippen molar-refractivity contribution in [1.29, 1.82) is 0 Å². The number of ether oxygens (including phenoxy) is 3. The van der Waals surface area contributed by atoms with Crippen molar-refractivity contribution >= 4 is 12.3 Å². The Kier molecular flexibility index (Phi) is 27.9. The third kappa shape index (κ3) is 28.9. The van der Waals surface area contributed by atoms with E-state index < -0.39 is 12.3 Å². The summed E-state index contributed by atoms with van der Waals surface area (Å²) in [6.07, 6.45) is 28.2. The maximum Gasteiger partial charge on any atom is 0.518 e. The first-order valence-corrected chi connectivity index (χ1v) is 15.2. The van der Waals surface area contributed by atoms with E-state index in [0.29, 0.717) is 13.2 Å². The van der Waals surface area contributed by atoms with E-state index in [4.69, 9.17) is 9.47 Å². The van der Waals surface area contributed by atoms with Gasteiger partial charge in [0.2, 0.25) is 0 Å². The molecule has 0 aliphatic heterocycles. The summed E-state index contributed by atoms with van der Waals surface area (Å²) in [6, 6.07) is 0. The molecule has 0 rings (SSSR count). The van der Waals surface area contributed by atoms with Crippen LogP contribution in [0.1, 0.15) is 168 Å². The zero-order chi connectivity index (χ0) is 25.7. The van der Waals surface area contributed by atoms with Crippen molar-refractivity contribution in [1.82, 2.24) is 0 Å². The maximum atomic E-state index is 11.5. The Labute approximate surface area is 217 Å². The number of carbonyl (C=O) groups is 2. The summed E-state index contributed by atoms with van der Waals surface area (Å²) >= 11 is 0. The molecule has 0 atom stereocenters. The van der Waals surface area contributed by atoms with Crippen LogP contribution in [-0.4, -0.2) is 25.5 Å². The second-order valence-electron chi connectivity index (χ2n) is 10.1. The van der Waals surface area contributed by atoms with Crippen LogP contribution >= 0.6 is 0 Å². The molecule has 0 saturated heterocycles. The van der Waals surface area contributed by atoms with E-state index in [1.54, 1.807) is 0 Å². The predicted molar refractivity (Wildman–Crippen MR) is 146 cm³/mol. The smallest absolute Gasteiger partial charge is 0.434 e. The molecule has 0 saturated carbocycles. The maximum absolute atomic E-state index is 11.5. The molecular formula is C30H58O5. The molecule has 0 heterocycles. The van der Waals surface area contributed by atoms with Gasteiger partial charge in [-0.1, -0.05) is 155 Å². The van der Waals surface area contributed by atoms with Crippen LogP contribution in [0.3, 0.4) is 0 Å². The van der Waals surface area contributed by atoms with Gasteiger partial charge >= 0.3 is 12.3 Å². The van der Waals surface area contributed by atoms with Gasteiger partial charge in [-0.3, -0.25) is 0 Å². The summed E-state index contributed by atoms with van der Waals surface area (Å²) in [5.41, 5.74) is 0. The monoisotopic (exact) mass is 498 g/mol. The number of rotatable bonds is 26. The lowest BCUT2D eigenvalue weighted by molar-refractivity contribution is 0.0353. The molecular weight excluding hydrogens is 440 g/mol. The SMILES string of the molecule is CCCCCCCCCCCCCCOC(=O)OC(=O)OCCCCCCCCCCCCCC. The minimum atomic E-state index is -0.951. The molecule has 0 aliphatic carbocycles. The lowest BCUT2D eigenvalue weighted by Crippen LogP contribution is -2.16. The minimum absolute atomic E-state index is 0.294. The molecule has 0 bridgehead atoms. The zero-order valence-electron chi connectivity index (χ0n) is 23.4. The Morgan fingerprint density at radius 3 is 0.857 bits per heavy atom. The first kappa shape index (κ1) is 33.7. The lowest BCUT2D eigenvalue weighted by atomic mass is 10.1. The van der Waals surface area contributed by atoms with Crippen LogP contribution < -0.4 is 0 Å². The standard InChI is InChI=1S/C30H58O5/c1-3-5-7-9-11-13-15-17-19-21-23-25-27-33-29(31)35-30(32)34-28-26-24-22-20-18-16-14-12-10-8-6-4-2/h3-28H2,1-2H3. The van der Waals surface area contributed by atoms with E-state index in [-0.39, 0.29) is 0 Å². The van der Waals surface area contributed by atoms with Crippen molar-refractivity contribution in [3.8, 4) is 0 Å². The van der Waals surface area contributed by atoms with Crippen LogP contribution in [0.2, 0.25) is 0 Å². The summed E-state index contributed by atoms with van der Waals surface area (Å²) in [7, 11) is 0. The summed E-state index contributed by atoms with van der Waals surface area (Å²) in [5, 5.41) is 0. The molecule has 0 aliphatic rings. The Balaban J connectivity index is 3.29. The Morgan fingerprint density at radius 1 is 0.371 bits per heavy atom. The van der Waals surface area contributed by atoms with E-state index in [0.717, 1.165) is 38.5 Å². The highest BCUT2D eigenvalue weighted by Gasteiger charge is 2.12. The molecule has 0 fully saturated rings. The fourth-order valence-corrected chi connectivity index (χ4v) is 4.32. The molecule has 0 amide bonds. The molecule has 0 N–H and O–H groups in total. The second kappa shape index (κ2) is 29.0. The molecule has 0 radical (unpaired) electrons. The summed E-state index contributed by atoms with van der Waals surface area (Å²) < 4.78 is 14.5. The van der Waals surface area contributed by atoms with Crippen LogP contribution in [0.5, 0.6) is 0 Å². The van der Waals surface area contributed by atoms with Crippen molar-refractivity contribution in [3.05, 3.63) is 0 Å². The molecule has 5 nitrogen and oxygen atoms in total. The quantitative estimate of drug-likeness (QED) is 0.0674. The average molecular weight is 499 g/mol. The average Bonchev–Trinajstić information content (AvgIpc) is 2.85. The van der Waals surface area contributed by atoms with Crippen LogP contribution in [0.15, 0.2) is 0 Å². The van der Waals surface area contributed by atoms with E-state index in [1.807, 2.05) is 0 Å². The number of carbonyl (C=O) groups excluding carboxylic acids is 2. The van der Waals surface area contributed by atoms with Crippen molar-refractivity contribution < 1.29 is 23.8 Å². The van der Waals surface area contributed by atoms with E-state index in [1.165, 1.54) is 116 Å². The predicted octanol–water partition coefficient (Wildman–Crippen LogP) is 10.7. The van der Waals surface area contributed by atoms with Crippen molar-refractivity contribution in [2.24, 2.45) is 0 Å². The zero-order valence-corrected chi connectivity index (χ0v) is 23.4. The Morgan fingerprint density at radius 2 is 0.600 bits per heavy atom. The van der Waals surface area contributed by atoms with Crippen LogP contribution in [-0.2, 0) is 14.2 Å². The highest BCUT2D eigenvalue weighted by Crippen LogP contribution is 2.13. The van der Waals surface area contributed by atoms with Gasteiger partial charge in [-0.05, 0) is 12.8 Å². The van der Waals surface area contributed by atoms with Crippen molar-refractivity contribution in [2.45, 2.75) is 168 Å². The van der Waals surface area contributed by atoms with Gasteiger partial charge in [0.15, 0.2) is 0 Å². The van der Waals surface area contributed by atoms with E-state index in [9.17, 15) is 9.59 Å². The largest absolute Gasteiger partial charge is 0.518 e. The lowest BCUT2D eigenvalue weighted by Gasteiger charge is -2.06. The minimum Gasteiger partial charge on any atom is -0.434 e. The third-order valence-electron chi connectivity index (χ3n) is 6.60. The van der Waals surface area contributed by atoms with Gasteiger partial charge in [-0.2, -0.15) is 0 Å². The first-order chi connectivity index (χ1) is 17.2. The van der Waals surface area contributed by atoms with Gasteiger partial charge in [0, 0.05) is 0 Å². The van der Waals surface area contributed by atoms with Crippen LogP contribution in [0.4, 0.5) is 9.59 Å². The van der Waals surface area contributed by atoms with E-state index >= 15 is 0 Å². The summed E-state index contributed by atoms with van der Waals surface area (Å²) in [5.74, 6) is 0. The van der Waals surface area contributed by atoms with Gasteiger partial charge in [-0.15, -0.1) is 0 Å². The van der Waals surface area contributed by atoms with Crippen molar-refractivity contribution in [3.63, 3.8) is 0 Å². The highest BCUT2D eigenvalue weighted by atomic mass is 16.8. The molecule has 0 aromatic rings. The first-order valence-electron chi connectivity index (χ1n) is 15.2. The molecule has 208 valence electrons. The fraction of sp³-hybridized carbons (Fsp3) is 0.933. The van der Waals surface area contributed by atoms with Gasteiger partial charge in [-0.25, -0.2) is 9.59 Å². The molecule has 35 heavy (non-hydrogen) atoms. The van der Waals surface area contributed by atoms with Gasteiger partial charge < -0.3 is 14.2 Å². The topological polar surface area (TPSA) is 61.8 Å². The summed E-state index contributed by atoms with van der Waals surface area (Å²) in [4.78, 5) is 23.1. The molecule has 0 aromatic carbocycles. The molecule has 0 spiro atoms. The molecule has 0 aromatic heterocycles. The van der Waals surface area contributed by atoms with Gasteiger partial charge in [0.1, 0.15) is 0 Å². The van der Waals surface area contributed by atoms with Crippen LogP contribution in [0, 0.1) is 0 Å². The Bertz CT molecular complexity index is 412. The summed E-state index contributed by atoms with van der Waals surface area (Å²) in [6.45, 7) is 5.09. The third-order valence-corrected chi connectivity index (χ3v) is 6.60. The van der Waals surface area contributed by atoms with Gasteiger partial charge in [0.25, 0.3) is 0 Å². The fourth-order valence-electron chi connectivity index (χ4n) is 4.32. The molecule has 5 heteroatoms. The van der Waals surface area contributed by atoms with E-state index in [2.05, 4.69) is 18.6 Å². The number of hydrogen-bond acceptors (Lipinski definition) is 5. The number of hydrogen-bond donors (Lipinski definition) is 0. The molecule has 0 unspecified atom stereocenters. The van der Waals surface area contributed by atoms with Gasteiger partial charge in [0.05, 0.1) is 13.2 Å².